The number of likely N-dealkylation sites (N-methyl/N-ethyl adjacent to an activating group) is 1. The lowest BCUT2D eigenvalue weighted by molar-refractivity contribution is -0.143. The highest BCUT2D eigenvalue weighted by Crippen LogP contribution is 2.21. The van der Waals surface area contributed by atoms with Crippen molar-refractivity contribution in [2.45, 2.75) is 159 Å². The molecule has 10 atom stereocenters. The maximum absolute atomic E-state index is 14.6. The minimum atomic E-state index is -1.86. The van der Waals surface area contributed by atoms with Gasteiger partial charge in [0.25, 0.3) is 0 Å². The number of carbonyl (C=O) groups is 11. The molecule has 3 aromatic rings. The molecule has 490 valence electrons. The number of nitrogens with one attached hydrogen (secondary N) is 12. The van der Waals surface area contributed by atoms with Gasteiger partial charge in [-0.2, -0.15) is 0 Å². The normalized spacial score (nSPS) is 14.5. The van der Waals surface area contributed by atoms with E-state index in [9.17, 15) is 63.0 Å². The second-order valence-electron chi connectivity index (χ2n) is 22.4. The number of carbonyl (C=O) groups excluding carboxylic acids is 11. The van der Waals surface area contributed by atoms with E-state index >= 15 is 0 Å². The standard InChI is InChI=1S/C57H89N19O13/c1-28(2)23-35(58)48(82)72-41(26-44(60)80)50(84)73-40(25-32-27-68-36-12-8-7-11-34(32)36)51(85)74-45(29(3)4)53(87)75-46(30(5)77)54(88)69-37(13-9-21-66-56(62)63)49(83)70-38(19-20-43(59)79)55(89)76(6)42(14-10-22-67-57(64)65)52(86)71-39(47(61)81)24-31-15-17-33(78)18-16-31/h7-8,11-12,15-18,27-30,35,37-42,45-46,68,77-78H,9-10,13-14,19-26,58H2,1-6H3,(H2,59,79)(H2,60,80)(H2,61,81)(H,69,88)(H,70,83)(H,71,86)(H,72,82)(H,73,84)(H,74,85)(H,75,87)(H4,62,63,66)(H4,64,65,67)/t30?,35-,37-,38-,39-,40-,41-,42-,45-,46?/m0/s1. The summed E-state index contributed by atoms with van der Waals surface area (Å²) in [6.45, 7) is 7.95. The van der Waals surface area contributed by atoms with Crippen molar-refractivity contribution in [1.82, 2.24) is 57.7 Å². The number of phenols is 1. The Hall–Kier alpha value is -9.59. The van der Waals surface area contributed by atoms with Crippen LogP contribution in [0.1, 0.15) is 97.1 Å². The van der Waals surface area contributed by atoms with Crippen LogP contribution < -0.4 is 82.3 Å². The fourth-order valence-electron chi connectivity index (χ4n) is 9.40. The van der Waals surface area contributed by atoms with E-state index in [-0.39, 0.29) is 75.7 Å². The average molecular weight is 1250 g/mol. The number of guanidine groups is 2. The maximum atomic E-state index is 14.6. The first-order valence-electron chi connectivity index (χ1n) is 29.0. The van der Waals surface area contributed by atoms with Gasteiger partial charge < -0.3 is 102 Å². The summed E-state index contributed by atoms with van der Waals surface area (Å²) in [5.74, 6) is -12.1. The van der Waals surface area contributed by atoms with E-state index in [0.29, 0.717) is 22.0 Å². The van der Waals surface area contributed by atoms with E-state index in [1.807, 2.05) is 13.8 Å². The van der Waals surface area contributed by atoms with Crippen LogP contribution >= 0.6 is 0 Å². The second kappa shape index (κ2) is 35.9. The van der Waals surface area contributed by atoms with Crippen molar-refractivity contribution < 1.29 is 63.0 Å². The van der Waals surface area contributed by atoms with Crippen LogP contribution in [0.3, 0.4) is 0 Å². The number of hydrogen-bond acceptors (Lipinski definition) is 16. The Bertz CT molecular complexity index is 2970. The number of rotatable bonds is 38. The van der Waals surface area contributed by atoms with Gasteiger partial charge in [-0.05, 0) is 86.6 Å². The second-order valence-corrected chi connectivity index (χ2v) is 22.4. The van der Waals surface area contributed by atoms with Crippen molar-refractivity contribution in [3.8, 4) is 5.75 Å². The molecule has 0 aliphatic rings. The van der Waals surface area contributed by atoms with E-state index in [1.54, 1.807) is 44.3 Å². The number of primary amides is 3. The van der Waals surface area contributed by atoms with Gasteiger partial charge in [-0.3, -0.25) is 63.6 Å². The summed E-state index contributed by atoms with van der Waals surface area (Å²) in [7, 11) is 1.22. The largest absolute Gasteiger partial charge is 0.508 e. The lowest BCUT2D eigenvalue weighted by atomic mass is 9.99. The Kier molecular flexibility index (Phi) is 29.7. The quantitative estimate of drug-likeness (QED) is 0.0146. The zero-order valence-electron chi connectivity index (χ0n) is 50.9. The molecule has 0 radical (unpaired) electrons. The van der Waals surface area contributed by atoms with Crippen LogP contribution in [0.25, 0.3) is 10.9 Å². The summed E-state index contributed by atoms with van der Waals surface area (Å²) in [4.78, 5) is 155. The first-order chi connectivity index (χ1) is 41.8. The molecule has 0 saturated carbocycles. The highest BCUT2D eigenvalue weighted by molar-refractivity contribution is 5.99. The number of aliphatic hydroxyl groups is 1. The molecule has 0 fully saturated rings. The predicted octanol–water partition coefficient (Wildman–Crippen LogP) is -4.56. The Morgan fingerprint density at radius 2 is 1.11 bits per heavy atom. The molecule has 2 unspecified atom stereocenters. The molecule has 0 aliphatic heterocycles. The van der Waals surface area contributed by atoms with Crippen LogP contribution in [0.2, 0.25) is 0 Å². The number of nitrogens with zero attached hydrogens (tertiary/aromatic N) is 1. The minimum absolute atomic E-state index is 0.00878. The first kappa shape index (κ1) is 73.7. The van der Waals surface area contributed by atoms with Gasteiger partial charge in [-0.1, -0.05) is 58.0 Å². The van der Waals surface area contributed by atoms with Crippen LogP contribution in [-0.4, -0.2) is 178 Å². The van der Waals surface area contributed by atoms with Crippen molar-refractivity contribution in [1.29, 1.82) is 10.8 Å². The van der Waals surface area contributed by atoms with Gasteiger partial charge in [-0.25, -0.2) is 0 Å². The summed E-state index contributed by atoms with van der Waals surface area (Å²) in [6.07, 6.45) is -2.02. The van der Waals surface area contributed by atoms with Gasteiger partial charge >= 0.3 is 0 Å². The average Bonchev–Trinajstić information content (AvgIpc) is 2.03. The van der Waals surface area contributed by atoms with Gasteiger partial charge in [0, 0.05) is 56.5 Å². The number of aliphatic hydroxyl groups excluding tert-OH is 1. The topological polar surface area (TPSA) is 559 Å². The number of aromatic hydroxyl groups is 1. The highest BCUT2D eigenvalue weighted by Gasteiger charge is 2.39. The third-order valence-corrected chi connectivity index (χ3v) is 14.2. The number of hydrogen-bond donors (Lipinski definition) is 20. The molecular formula is C57H89N19O13. The number of amides is 11. The van der Waals surface area contributed by atoms with Gasteiger partial charge in [0.15, 0.2) is 11.9 Å². The van der Waals surface area contributed by atoms with Crippen LogP contribution in [0.4, 0.5) is 0 Å². The number of phenolic OH excluding ortho intramolecular Hbond substituents is 1. The summed E-state index contributed by atoms with van der Waals surface area (Å²) < 4.78 is 0. The Morgan fingerprint density at radius 3 is 1.67 bits per heavy atom. The fraction of sp³-hybridized carbons (Fsp3) is 0.526. The molecule has 11 amide bonds. The Labute approximate surface area is 515 Å². The SMILES string of the molecule is CC(C)C[C@H](N)C(=O)N[C@@H](CC(N)=O)C(=O)N[C@@H](Cc1c[nH]c2ccccc12)C(=O)N[C@H](C(=O)NC(C(=O)N[C@@H](CCCNC(=N)N)C(=O)N[C@@H](CCC(N)=O)C(=O)N(C)[C@@H](CCCNC(=N)N)C(=O)N[C@@H](Cc1ccc(O)cc1)C(N)=O)C(C)O)C(C)C. The first-order valence-corrected chi connectivity index (χ1v) is 29.0. The monoisotopic (exact) mass is 1250 g/mol. The Morgan fingerprint density at radius 1 is 0.584 bits per heavy atom. The van der Waals surface area contributed by atoms with E-state index in [1.165, 1.54) is 31.3 Å². The number of nitrogens with two attached hydrogens (primary N) is 6. The number of aromatic amines is 1. The van der Waals surface area contributed by atoms with Gasteiger partial charge in [0.1, 0.15) is 54.1 Å². The lowest BCUT2D eigenvalue weighted by Gasteiger charge is -2.33. The third-order valence-electron chi connectivity index (χ3n) is 14.2. The van der Waals surface area contributed by atoms with E-state index in [0.717, 1.165) is 11.8 Å². The summed E-state index contributed by atoms with van der Waals surface area (Å²) in [6, 6.07) is -0.685. The molecule has 26 N–H and O–H groups in total. The van der Waals surface area contributed by atoms with Crippen LogP contribution in [0, 0.1) is 22.7 Å². The molecule has 32 heteroatoms. The minimum Gasteiger partial charge on any atom is -0.508 e. The molecule has 89 heavy (non-hydrogen) atoms. The molecule has 1 heterocycles. The van der Waals surface area contributed by atoms with Gasteiger partial charge in [-0.15, -0.1) is 0 Å². The molecule has 1 aromatic heterocycles. The molecule has 32 nitrogen and oxygen atoms in total. The van der Waals surface area contributed by atoms with Gasteiger partial charge in [0.05, 0.1) is 18.6 Å². The predicted molar refractivity (Wildman–Crippen MR) is 328 cm³/mol. The number of para-hydroxylation sites is 1. The molecule has 0 bridgehead atoms. The van der Waals surface area contributed by atoms with Crippen molar-refractivity contribution in [3.63, 3.8) is 0 Å². The highest BCUT2D eigenvalue weighted by atomic mass is 16.3. The van der Waals surface area contributed by atoms with Crippen molar-refractivity contribution in [2.75, 3.05) is 20.1 Å². The fourth-order valence-corrected chi connectivity index (χ4v) is 9.40. The summed E-state index contributed by atoms with van der Waals surface area (Å²) in [5, 5.41) is 59.5. The molecule has 0 saturated heterocycles. The van der Waals surface area contributed by atoms with Gasteiger partial charge in [0.2, 0.25) is 65.0 Å². The summed E-state index contributed by atoms with van der Waals surface area (Å²) >= 11 is 0. The van der Waals surface area contributed by atoms with E-state index < -0.39 is 157 Å². The molecule has 2 aromatic carbocycles. The van der Waals surface area contributed by atoms with Crippen LogP contribution in [0.5, 0.6) is 5.75 Å². The third kappa shape index (κ3) is 25.0. The van der Waals surface area contributed by atoms with E-state index in [4.69, 9.17) is 45.2 Å². The number of benzene rings is 2. The van der Waals surface area contributed by atoms with Crippen molar-refractivity contribution in [2.24, 2.45) is 46.2 Å². The zero-order valence-corrected chi connectivity index (χ0v) is 50.9. The molecule has 0 spiro atoms. The van der Waals surface area contributed by atoms with Crippen LogP contribution in [0.15, 0.2) is 54.7 Å². The number of aromatic nitrogens is 1. The lowest BCUT2D eigenvalue weighted by Crippen LogP contribution is -2.63. The summed E-state index contributed by atoms with van der Waals surface area (Å²) in [5.41, 5.74) is 35.4. The zero-order chi connectivity index (χ0) is 66.8. The van der Waals surface area contributed by atoms with Crippen LogP contribution in [-0.2, 0) is 65.6 Å². The Balaban J connectivity index is 1.98. The molecular weight excluding hydrogens is 1160 g/mol. The maximum Gasteiger partial charge on any atom is 0.245 e. The van der Waals surface area contributed by atoms with Crippen molar-refractivity contribution in [3.05, 3.63) is 65.9 Å². The number of fused-ring (bicyclic) bond motifs is 1. The molecule has 3 rings (SSSR count). The number of H-pyrrole nitrogens is 1. The van der Waals surface area contributed by atoms with Crippen molar-refractivity contribution >= 4 is 87.8 Å². The van der Waals surface area contributed by atoms with E-state index in [2.05, 4.69) is 52.8 Å². The molecule has 0 aliphatic carbocycles. The smallest absolute Gasteiger partial charge is 0.245 e.